The molecule has 2 rings (SSSR count). The van der Waals surface area contributed by atoms with E-state index in [0.29, 0.717) is 22.4 Å². The molecule has 0 aromatic carbocycles. The Kier molecular flexibility index (Phi) is 1.51. The van der Waals surface area contributed by atoms with Crippen LogP contribution in [0.2, 0.25) is 0 Å². The molecule has 0 atom stereocenters. The molecule has 2 aromatic heterocycles. The molecule has 0 spiro atoms. The number of anilines is 1. The number of rotatable bonds is 0. The number of nitrogens with zero attached hydrogens (tertiary/aromatic N) is 2. The number of hydrogen-bond acceptors (Lipinski definition) is 4. The van der Waals surface area contributed by atoms with Crippen molar-refractivity contribution in [1.29, 1.82) is 0 Å². The topological polar surface area (TPSA) is 84.7 Å². The fraction of sp³-hybridized carbons (Fsp3) is 0.125. The van der Waals surface area contributed by atoms with Crippen LogP contribution >= 0.6 is 0 Å². The van der Waals surface area contributed by atoms with Gasteiger partial charge < -0.3 is 10.7 Å². The summed E-state index contributed by atoms with van der Waals surface area (Å²) >= 11 is 0. The summed E-state index contributed by atoms with van der Waals surface area (Å²) in [6, 6.07) is 1.68. The van der Waals surface area contributed by atoms with E-state index in [9.17, 15) is 4.79 Å². The van der Waals surface area contributed by atoms with Crippen LogP contribution in [0, 0.1) is 6.92 Å². The van der Waals surface area contributed by atoms with Crippen molar-refractivity contribution in [1.82, 2.24) is 15.0 Å². The minimum absolute atomic E-state index is 0.148. The van der Waals surface area contributed by atoms with Crippen molar-refractivity contribution < 1.29 is 0 Å². The van der Waals surface area contributed by atoms with Crippen molar-refractivity contribution >= 4 is 16.9 Å². The lowest BCUT2D eigenvalue weighted by Crippen LogP contribution is -2.10. The van der Waals surface area contributed by atoms with Gasteiger partial charge in [-0.2, -0.15) is 0 Å². The minimum atomic E-state index is -0.148. The average molecular weight is 176 g/mol. The summed E-state index contributed by atoms with van der Waals surface area (Å²) in [4.78, 5) is 21.5. The zero-order valence-corrected chi connectivity index (χ0v) is 7.03. The van der Waals surface area contributed by atoms with Crippen molar-refractivity contribution in [3.05, 3.63) is 28.3 Å². The Hall–Kier alpha value is -1.91. The van der Waals surface area contributed by atoms with E-state index < -0.39 is 0 Å². The molecule has 3 N–H and O–H groups in total. The molecule has 5 nitrogen and oxygen atoms in total. The molecule has 0 unspecified atom stereocenters. The van der Waals surface area contributed by atoms with Gasteiger partial charge in [0.15, 0.2) is 0 Å². The van der Waals surface area contributed by atoms with Gasteiger partial charge in [-0.15, -0.1) is 0 Å². The number of fused-ring (bicyclic) bond motifs is 1. The lowest BCUT2D eigenvalue weighted by molar-refractivity contribution is 1.14. The Labute approximate surface area is 73.6 Å². The van der Waals surface area contributed by atoms with Crippen LogP contribution in [-0.4, -0.2) is 15.0 Å². The second-order valence-electron chi connectivity index (χ2n) is 2.80. The van der Waals surface area contributed by atoms with Crippen molar-refractivity contribution in [2.24, 2.45) is 0 Å². The third-order valence-corrected chi connectivity index (χ3v) is 1.87. The van der Waals surface area contributed by atoms with Crippen LogP contribution in [0.3, 0.4) is 0 Å². The summed E-state index contributed by atoms with van der Waals surface area (Å²) in [5.74, 6) is 0.379. The van der Waals surface area contributed by atoms with E-state index in [-0.39, 0.29) is 5.56 Å². The Bertz CT molecular complexity index is 517. The molecule has 5 heteroatoms. The number of H-pyrrole nitrogens is 1. The number of aryl methyl sites for hydroxylation is 1. The molecule has 0 aliphatic rings. The largest absolute Gasteiger partial charge is 0.383 e. The first kappa shape index (κ1) is 7.72. The SMILES string of the molecule is Cc1cc2c(N)ncnc2[nH]c1=O. The summed E-state index contributed by atoms with van der Waals surface area (Å²) < 4.78 is 0. The van der Waals surface area contributed by atoms with E-state index >= 15 is 0 Å². The van der Waals surface area contributed by atoms with Gasteiger partial charge in [0, 0.05) is 5.56 Å². The van der Waals surface area contributed by atoms with Gasteiger partial charge in [0.1, 0.15) is 17.8 Å². The highest BCUT2D eigenvalue weighted by molar-refractivity contribution is 5.84. The van der Waals surface area contributed by atoms with Crippen molar-refractivity contribution in [3.8, 4) is 0 Å². The molecular formula is C8H8N4O. The second-order valence-corrected chi connectivity index (χ2v) is 2.80. The van der Waals surface area contributed by atoms with Crippen molar-refractivity contribution in [2.45, 2.75) is 6.92 Å². The van der Waals surface area contributed by atoms with Gasteiger partial charge in [0.2, 0.25) is 0 Å². The average Bonchev–Trinajstić information content (AvgIpc) is 2.09. The van der Waals surface area contributed by atoms with Gasteiger partial charge in [-0.3, -0.25) is 4.79 Å². The van der Waals surface area contributed by atoms with E-state index in [1.165, 1.54) is 6.33 Å². The van der Waals surface area contributed by atoms with Crippen LogP contribution in [0.25, 0.3) is 11.0 Å². The number of nitrogen functional groups attached to an aromatic ring is 1. The molecule has 0 aliphatic heterocycles. The highest BCUT2D eigenvalue weighted by atomic mass is 16.1. The van der Waals surface area contributed by atoms with E-state index in [1.807, 2.05) is 0 Å². The molecule has 0 bridgehead atoms. The zero-order valence-electron chi connectivity index (χ0n) is 7.03. The smallest absolute Gasteiger partial charge is 0.252 e. The molecule has 13 heavy (non-hydrogen) atoms. The summed E-state index contributed by atoms with van der Waals surface area (Å²) in [7, 11) is 0. The van der Waals surface area contributed by atoms with E-state index in [4.69, 9.17) is 5.73 Å². The predicted molar refractivity (Wildman–Crippen MR) is 49.3 cm³/mol. The number of aromatic nitrogens is 3. The maximum Gasteiger partial charge on any atom is 0.252 e. The Morgan fingerprint density at radius 3 is 3.00 bits per heavy atom. The first-order chi connectivity index (χ1) is 6.18. The van der Waals surface area contributed by atoms with Crippen LogP contribution < -0.4 is 11.3 Å². The molecule has 0 saturated carbocycles. The third-order valence-electron chi connectivity index (χ3n) is 1.87. The Balaban J connectivity index is 2.97. The molecule has 0 radical (unpaired) electrons. The van der Waals surface area contributed by atoms with Gasteiger partial charge in [-0.1, -0.05) is 0 Å². The van der Waals surface area contributed by atoms with Crippen LogP contribution in [0.4, 0.5) is 5.82 Å². The molecule has 0 fully saturated rings. The first-order valence-corrected chi connectivity index (χ1v) is 3.78. The number of nitrogens with two attached hydrogens (primary N) is 1. The van der Waals surface area contributed by atoms with Crippen LogP contribution in [-0.2, 0) is 0 Å². The van der Waals surface area contributed by atoms with E-state index in [2.05, 4.69) is 15.0 Å². The molecule has 0 aliphatic carbocycles. The number of pyridine rings is 1. The maximum atomic E-state index is 11.2. The fourth-order valence-corrected chi connectivity index (χ4v) is 1.14. The van der Waals surface area contributed by atoms with Crippen molar-refractivity contribution in [3.63, 3.8) is 0 Å². The fourth-order valence-electron chi connectivity index (χ4n) is 1.14. The lowest BCUT2D eigenvalue weighted by atomic mass is 10.2. The lowest BCUT2D eigenvalue weighted by Gasteiger charge is -1.99. The predicted octanol–water partition coefficient (Wildman–Crippen LogP) is 0.209. The van der Waals surface area contributed by atoms with Crippen molar-refractivity contribution in [2.75, 3.05) is 5.73 Å². The van der Waals surface area contributed by atoms with E-state index in [1.54, 1.807) is 13.0 Å². The maximum absolute atomic E-state index is 11.2. The second kappa shape index (κ2) is 2.55. The summed E-state index contributed by atoms with van der Waals surface area (Å²) in [6.07, 6.45) is 1.32. The van der Waals surface area contributed by atoms with Gasteiger partial charge in [0.05, 0.1) is 5.39 Å². The number of nitrogens with one attached hydrogen (secondary N) is 1. The molecule has 66 valence electrons. The quantitative estimate of drug-likeness (QED) is 0.600. The summed E-state index contributed by atoms with van der Waals surface area (Å²) in [5.41, 5.74) is 6.54. The van der Waals surface area contributed by atoms with E-state index in [0.717, 1.165) is 0 Å². The highest BCUT2D eigenvalue weighted by Crippen LogP contribution is 2.12. The monoisotopic (exact) mass is 176 g/mol. The highest BCUT2D eigenvalue weighted by Gasteiger charge is 2.02. The van der Waals surface area contributed by atoms with Crippen LogP contribution in [0.15, 0.2) is 17.2 Å². The van der Waals surface area contributed by atoms with Gasteiger partial charge in [0.25, 0.3) is 5.56 Å². The molecule has 0 saturated heterocycles. The number of aromatic amines is 1. The molecular weight excluding hydrogens is 168 g/mol. The Morgan fingerprint density at radius 1 is 1.46 bits per heavy atom. The number of hydrogen-bond donors (Lipinski definition) is 2. The van der Waals surface area contributed by atoms with Gasteiger partial charge in [-0.25, -0.2) is 9.97 Å². The third kappa shape index (κ3) is 1.14. The Morgan fingerprint density at radius 2 is 2.23 bits per heavy atom. The molecule has 2 heterocycles. The van der Waals surface area contributed by atoms with Crippen LogP contribution in [0.1, 0.15) is 5.56 Å². The molecule has 2 aromatic rings. The first-order valence-electron chi connectivity index (χ1n) is 3.78. The molecule has 0 amide bonds. The van der Waals surface area contributed by atoms with Crippen LogP contribution in [0.5, 0.6) is 0 Å². The summed E-state index contributed by atoms with van der Waals surface area (Å²) in [6.45, 7) is 1.71. The van der Waals surface area contributed by atoms with Gasteiger partial charge >= 0.3 is 0 Å². The zero-order chi connectivity index (χ0) is 9.42. The summed E-state index contributed by atoms with van der Waals surface area (Å²) in [5, 5.41) is 0.680. The standard InChI is InChI=1S/C8H8N4O/c1-4-2-5-6(9)10-3-11-7(5)12-8(4)13/h2-3H,1H3,(H3,9,10,11,12,13). The normalized spacial score (nSPS) is 10.5. The van der Waals surface area contributed by atoms with Gasteiger partial charge in [-0.05, 0) is 13.0 Å². The minimum Gasteiger partial charge on any atom is -0.383 e.